The smallest absolute Gasteiger partial charge is 0.327 e. The summed E-state index contributed by atoms with van der Waals surface area (Å²) in [6.45, 7) is 12.5. The number of nitrogens with zero attached hydrogens (tertiary/aromatic N) is 3. The third-order valence-electron chi connectivity index (χ3n) is 4.09. The van der Waals surface area contributed by atoms with Gasteiger partial charge >= 0.3 is 12.0 Å². The first-order valence-corrected chi connectivity index (χ1v) is 8.01. The Kier molecular flexibility index (Phi) is 4.96. The van der Waals surface area contributed by atoms with Gasteiger partial charge in [0.2, 0.25) is 0 Å². The molecule has 1 N–H and O–H groups in total. The first-order chi connectivity index (χ1) is 11.1. The number of aliphatic carboxylic acids is 1. The van der Waals surface area contributed by atoms with Crippen LogP contribution in [0.15, 0.2) is 24.8 Å². The fraction of sp³-hybridized carbons (Fsp3) is 0.500. The van der Waals surface area contributed by atoms with Crippen LogP contribution in [0.1, 0.15) is 39.1 Å². The van der Waals surface area contributed by atoms with Gasteiger partial charge in [0, 0.05) is 13.1 Å². The largest absolute Gasteiger partial charge is 0.480 e. The number of carboxylic acids is 1. The van der Waals surface area contributed by atoms with Crippen molar-refractivity contribution >= 4 is 17.6 Å². The number of amides is 2. The number of pyridine rings is 1. The highest BCUT2D eigenvalue weighted by Crippen LogP contribution is 2.28. The topological polar surface area (TPSA) is 73.7 Å². The third-order valence-corrected chi connectivity index (χ3v) is 4.09. The summed E-state index contributed by atoms with van der Waals surface area (Å²) in [6, 6.07) is 4.54. The fourth-order valence-electron chi connectivity index (χ4n) is 2.96. The van der Waals surface area contributed by atoms with Crippen LogP contribution in [0.2, 0.25) is 0 Å². The average Bonchev–Trinajstić information content (AvgIpc) is 2.79. The van der Waals surface area contributed by atoms with E-state index >= 15 is 0 Å². The predicted molar refractivity (Wildman–Crippen MR) is 92.3 cm³/mol. The van der Waals surface area contributed by atoms with Crippen LogP contribution in [0.4, 0.5) is 4.79 Å². The molecule has 0 radical (unpaired) electrons. The zero-order valence-electron chi connectivity index (χ0n) is 14.7. The van der Waals surface area contributed by atoms with E-state index in [1.54, 1.807) is 4.90 Å². The zero-order valence-corrected chi connectivity index (χ0v) is 14.7. The summed E-state index contributed by atoms with van der Waals surface area (Å²) in [6.07, 6.45) is 0. The summed E-state index contributed by atoms with van der Waals surface area (Å²) in [5, 5.41) is 9.53. The van der Waals surface area contributed by atoms with Gasteiger partial charge in [0.05, 0.1) is 17.9 Å². The van der Waals surface area contributed by atoms with Crippen LogP contribution < -0.4 is 0 Å². The van der Waals surface area contributed by atoms with Gasteiger partial charge in [-0.2, -0.15) is 0 Å². The van der Waals surface area contributed by atoms with Crippen molar-refractivity contribution in [3.8, 4) is 0 Å². The Morgan fingerprint density at radius 2 is 2.04 bits per heavy atom. The first kappa shape index (κ1) is 18.0. The summed E-state index contributed by atoms with van der Waals surface area (Å²) >= 11 is 0. The molecule has 130 valence electrons. The van der Waals surface area contributed by atoms with Crippen LogP contribution >= 0.6 is 0 Å². The maximum Gasteiger partial charge on any atom is 0.327 e. The van der Waals surface area contributed by atoms with E-state index < -0.39 is 17.4 Å². The number of carboxylic acid groups (broad SMARTS) is 1. The molecule has 24 heavy (non-hydrogen) atoms. The fourth-order valence-corrected chi connectivity index (χ4v) is 2.96. The number of aromatic nitrogens is 1. The van der Waals surface area contributed by atoms with Crippen LogP contribution in [0, 0.1) is 5.41 Å². The van der Waals surface area contributed by atoms with Gasteiger partial charge in [0.15, 0.2) is 0 Å². The van der Waals surface area contributed by atoms with Gasteiger partial charge in [-0.1, -0.05) is 33.4 Å². The highest BCUT2D eigenvalue weighted by atomic mass is 16.4. The molecule has 0 spiro atoms. The lowest BCUT2D eigenvalue weighted by Crippen LogP contribution is -2.50. The zero-order chi connectivity index (χ0) is 18.1. The van der Waals surface area contributed by atoms with Crippen molar-refractivity contribution in [1.82, 2.24) is 14.8 Å². The first-order valence-electron chi connectivity index (χ1n) is 8.01. The number of carbonyl (C=O) groups is 2. The lowest BCUT2D eigenvalue weighted by Gasteiger charge is -2.34. The maximum atomic E-state index is 12.7. The SMILES string of the molecule is C=C(C)c1cccc(CN2CCN([C@H](C(=O)O)C(C)(C)C)C2=O)n1. The summed E-state index contributed by atoms with van der Waals surface area (Å²) in [5.41, 5.74) is 1.91. The standard InChI is InChI=1S/C18H25N3O3/c1-12(2)14-8-6-7-13(19-14)11-20-9-10-21(17(20)24)15(16(22)23)18(3,4)5/h6-8,15H,1,9-11H2,2-5H3,(H,22,23)/t15-/m1/s1. The molecular formula is C18H25N3O3. The van der Waals surface area contributed by atoms with Crippen molar-refractivity contribution in [2.75, 3.05) is 13.1 Å². The number of hydrogen-bond acceptors (Lipinski definition) is 3. The Hall–Kier alpha value is -2.37. The lowest BCUT2D eigenvalue weighted by atomic mass is 9.86. The molecule has 0 saturated carbocycles. The van der Waals surface area contributed by atoms with E-state index in [0.29, 0.717) is 19.6 Å². The van der Waals surface area contributed by atoms with E-state index in [0.717, 1.165) is 17.0 Å². The summed E-state index contributed by atoms with van der Waals surface area (Å²) in [7, 11) is 0. The molecule has 1 fully saturated rings. The molecule has 1 saturated heterocycles. The highest BCUT2D eigenvalue weighted by molar-refractivity contribution is 5.84. The molecule has 0 aromatic carbocycles. The van der Waals surface area contributed by atoms with Crippen molar-refractivity contribution in [3.05, 3.63) is 36.2 Å². The molecule has 0 aliphatic carbocycles. The van der Waals surface area contributed by atoms with Crippen molar-refractivity contribution in [2.45, 2.75) is 40.3 Å². The molecule has 1 aromatic heterocycles. The van der Waals surface area contributed by atoms with Gasteiger partial charge in [-0.3, -0.25) is 4.98 Å². The van der Waals surface area contributed by atoms with Gasteiger partial charge in [-0.25, -0.2) is 9.59 Å². The third kappa shape index (κ3) is 3.75. The predicted octanol–water partition coefficient (Wildman–Crippen LogP) is 2.85. The normalized spacial score (nSPS) is 16.4. The molecule has 2 amide bonds. The van der Waals surface area contributed by atoms with E-state index in [4.69, 9.17) is 0 Å². The van der Waals surface area contributed by atoms with Crippen molar-refractivity contribution < 1.29 is 14.7 Å². The second-order valence-corrected chi connectivity index (χ2v) is 7.30. The maximum absolute atomic E-state index is 12.7. The van der Waals surface area contributed by atoms with Gasteiger partial charge < -0.3 is 14.9 Å². The summed E-state index contributed by atoms with van der Waals surface area (Å²) in [4.78, 5) is 31.9. The van der Waals surface area contributed by atoms with E-state index in [9.17, 15) is 14.7 Å². The van der Waals surface area contributed by atoms with Crippen molar-refractivity contribution in [3.63, 3.8) is 0 Å². The average molecular weight is 331 g/mol. The molecule has 6 heteroatoms. The Bertz CT molecular complexity index is 664. The lowest BCUT2D eigenvalue weighted by molar-refractivity contribution is -0.145. The number of urea groups is 1. The molecule has 2 heterocycles. The van der Waals surface area contributed by atoms with Crippen LogP contribution in [0.5, 0.6) is 0 Å². The van der Waals surface area contributed by atoms with Crippen LogP contribution in [-0.2, 0) is 11.3 Å². The van der Waals surface area contributed by atoms with Crippen molar-refractivity contribution in [2.24, 2.45) is 5.41 Å². The molecule has 0 bridgehead atoms. The molecule has 1 aromatic rings. The second kappa shape index (κ2) is 6.63. The number of allylic oxidation sites excluding steroid dienone is 1. The minimum atomic E-state index is -0.972. The molecule has 0 unspecified atom stereocenters. The monoisotopic (exact) mass is 331 g/mol. The highest BCUT2D eigenvalue weighted by Gasteiger charge is 2.43. The molecule has 1 aliphatic rings. The number of hydrogen-bond donors (Lipinski definition) is 1. The van der Waals surface area contributed by atoms with Crippen molar-refractivity contribution in [1.29, 1.82) is 0 Å². The summed E-state index contributed by atoms with van der Waals surface area (Å²) in [5.74, 6) is -0.972. The molecule has 2 rings (SSSR count). The number of rotatable bonds is 5. The molecule has 1 atom stereocenters. The van der Waals surface area contributed by atoms with Crippen LogP contribution in [0.25, 0.3) is 5.57 Å². The Morgan fingerprint density at radius 1 is 1.38 bits per heavy atom. The van der Waals surface area contributed by atoms with Crippen LogP contribution in [0.3, 0.4) is 0 Å². The minimum Gasteiger partial charge on any atom is -0.480 e. The van der Waals surface area contributed by atoms with Crippen LogP contribution in [-0.4, -0.2) is 51.0 Å². The molecular weight excluding hydrogens is 306 g/mol. The quantitative estimate of drug-likeness (QED) is 0.900. The second-order valence-electron chi connectivity index (χ2n) is 7.30. The Labute approximate surface area is 142 Å². The van der Waals surface area contributed by atoms with Gasteiger partial charge in [0.1, 0.15) is 6.04 Å². The van der Waals surface area contributed by atoms with E-state index in [-0.39, 0.29) is 6.03 Å². The Balaban J connectivity index is 2.15. The minimum absolute atomic E-state index is 0.250. The van der Waals surface area contributed by atoms with Gasteiger partial charge in [-0.05, 0) is 30.0 Å². The summed E-state index contributed by atoms with van der Waals surface area (Å²) < 4.78 is 0. The van der Waals surface area contributed by atoms with Gasteiger partial charge in [0.25, 0.3) is 0 Å². The number of carbonyl (C=O) groups excluding carboxylic acids is 1. The molecule has 1 aliphatic heterocycles. The van der Waals surface area contributed by atoms with E-state index in [2.05, 4.69) is 11.6 Å². The Morgan fingerprint density at radius 3 is 2.58 bits per heavy atom. The molecule has 6 nitrogen and oxygen atoms in total. The van der Waals surface area contributed by atoms with Gasteiger partial charge in [-0.15, -0.1) is 0 Å². The van der Waals surface area contributed by atoms with E-state index in [1.807, 2.05) is 45.9 Å². The van der Waals surface area contributed by atoms with E-state index in [1.165, 1.54) is 4.90 Å².